The minimum absolute atomic E-state index is 0.0434. The molecule has 0 saturated carbocycles. The molecule has 0 radical (unpaired) electrons. The van der Waals surface area contributed by atoms with Crippen LogP contribution in [0.25, 0.3) is 0 Å². The molecule has 6 nitrogen and oxygen atoms in total. The number of carbonyl (C=O) groups is 3. The second-order valence-corrected chi connectivity index (χ2v) is 7.20. The number of nitrogens with one attached hydrogen (secondary N) is 1. The normalized spacial score (nSPS) is 17.8. The number of hydrogen-bond acceptors (Lipinski definition) is 3. The lowest BCUT2D eigenvalue weighted by Gasteiger charge is -2.31. The molecule has 3 rings (SSSR count). The molecule has 0 atom stereocenters. The monoisotopic (exact) mass is 375 g/mol. The SMILES string of the molecule is O=C(NCCC(=O)N1CCCC1)C1CCN(C(=O)c2ccc(F)cc2)CC1. The second kappa shape index (κ2) is 8.97. The average molecular weight is 375 g/mol. The fraction of sp³-hybridized carbons (Fsp3) is 0.550. The Hall–Kier alpha value is -2.44. The van der Waals surface area contributed by atoms with Crippen molar-refractivity contribution in [2.24, 2.45) is 5.92 Å². The Bertz CT molecular complexity index is 678. The zero-order chi connectivity index (χ0) is 19.2. The lowest BCUT2D eigenvalue weighted by Crippen LogP contribution is -2.43. The zero-order valence-corrected chi connectivity index (χ0v) is 15.5. The summed E-state index contributed by atoms with van der Waals surface area (Å²) in [5.41, 5.74) is 0.458. The summed E-state index contributed by atoms with van der Waals surface area (Å²) in [6, 6.07) is 5.51. The molecule has 3 amide bonds. The van der Waals surface area contributed by atoms with Gasteiger partial charge in [0, 0.05) is 50.6 Å². The van der Waals surface area contributed by atoms with Gasteiger partial charge in [0.2, 0.25) is 11.8 Å². The third-order valence-electron chi connectivity index (χ3n) is 5.34. The Balaban J connectivity index is 1.39. The first-order valence-corrected chi connectivity index (χ1v) is 9.65. The number of benzene rings is 1. The van der Waals surface area contributed by atoms with Gasteiger partial charge < -0.3 is 15.1 Å². The number of piperidine rings is 1. The van der Waals surface area contributed by atoms with E-state index in [1.807, 2.05) is 4.90 Å². The number of amides is 3. The van der Waals surface area contributed by atoms with Crippen molar-refractivity contribution in [3.05, 3.63) is 35.6 Å². The first-order valence-electron chi connectivity index (χ1n) is 9.65. The molecule has 2 heterocycles. The van der Waals surface area contributed by atoms with Crippen LogP contribution in [0.5, 0.6) is 0 Å². The Kier molecular flexibility index (Phi) is 6.42. The molecule has 146 valence electrons. The molecule has 2 aliphatic rings. The third-order valence-corrected chi connectivity index (χ3v) is 5.34. The number of carbonyl (C=O) groups excluding carboxylic acids is 3. The summed E-state index contributed by atoms with van der Waals surface area (Å²) in [5, 5.41) is 2.86. The number of halogens is 1. The standard InChI is InChI=1S/C20H26FN3O3/c21-17-5-3-16(4-6-17)20(27)24-13-8-15(9-14-24)19(26)22-10-7-18(25)23-11-1-2-12-23/h3-6,15H,1-2,7-14H2,(H,22,26). The van der Waals surface area contributed by atoms with Crippen LogP contribution in [0.15, 0.2) is 24.3 Å². The van der Waals surface area contributed by atoms with Crippen LogP contribution in [0.2, 0.25) is 0 Å². The van der Waals surface area contributed by atoms with Crippen molar-refractivity contribution in [1.29, 1.82) is 0 Å². The van der Waals surface area contributed by atoms with Gasteiger partial charge in [0.05, 0.1) is 0 Å². The van der Waals surface area contributed by atoms with E-state index in [0.29, 0.717) is 44.5 Å². The van der Waals surface area contributed by atoms with Crippen LogP contribution < -0.4 is 5.32 Å². The van der Waals surface area contributed by atoms with E-state index in [4.69, 9.17) is 0 Å². The van der Waals surface area contributed by atoms with E-state index in [2.05, 4.69) is 5.32 Å². The van der Waals surface area contributed by atoms with Crippen molar-refractivity contribution in [1.82, 2.24) is 15.1 Å². The molecule has 0 aliphatic carbocycles. The van der Waals surface area contributed by atoms with E-state index in [-0.39, 0.29) is 29.5 Å². The summed E-state index contributed by atoms with van der Waals surface area (Å²) < 4.78 is 13.0. The van der Waals surface area contributed by atoms with Crippen molar-refractivity contribution >= 4 is 17.7 Å². The lowest BCUT2D eigenvalue weighted by atomic mass is 9.95. The van der Waals surface area contributed by atoms with Crippen molar-refractivity contribution in [3.63, 3.8) is 0 Å². The third kappa shape index (κ3) is 5.05. The van der Waals surface area contributed by atoms with E-state index >= 15 is 0 Å². The summed E-state index contributed by atoms with van der Waals surface area (Å²) in [5.74, 6) is -0.579. The molecule has 0 spiro atoms. The molecule has 0 unspecified atom stereocenters. The quantitative estimate of drug-likeness (QED) is 0.853. The van der Waals surface area contributed by atoms with E-state index in [1.54, 1.807) is 4.90 Å². The van der Waals surface area contributed by atoms with Crippen molar-refractivity contribution in [2.75, 3.05) is 32.7 Å². The van der Waals surface area contributed by atoms with Crippen molar-refractivity contribution < 1.29 is 18.8 Å². The first kappa shape index (κ1) is 19.3. The van der Waals surface area contributed by atoms with E-state index in [9.17, 15) is 18.8 Å². The van der Waals surface area contributed by atoms with Crippen LogP contribution in [0.1, 0.15) is 42.5 Å². The number of rotatable bonds is 5. The summed E-state index contributed by atoms with van der Waals surface area (Å²) >= 11 is 0. The Morgan fingerprint density at radius 1 is 0.963 bits per heavy atom. The van der Waals surface area contributed by atoms with Gasteiger partial charge in [-0.05, 0) is 49.9 Å². The van der Waals surface area contributed by atoms with Gasteiger partial charge in [-0.15, -0.1) is 0 Å². The number of hydrogen-bond donors (Lipinski definition) is 1. The molecule has 0 bridgehead atoms. The fourth-order valence-corrected chi connectivity index (χ4v) is 3.68. The minimum atomic E-state index is -0.370. The van der Waals surface area contributed by atoms with E-state index in [1.165, 1.54) is 24.3 Å². The minimum Gasteiger partial charge on any atom is -0.355 e. The van der Waals surface area contributed by atoms with Gasteiger partial charge in [-0.3, -0.25) is 14.4 Å². The highest BCUT2D eigenvalue weighted by molar-refractivity contribution is 5.94. The van der Waals surface area contributed by atoms with Crippen LogP contribution in [-0.4, -0.2) is 60.2 Å². The largest absolute Gasteiger partial charge is 0.355 e. The molecule has 0 aromatic heterocycles. The molecule has 2 saturated heterocycles. The molecule has 2 fully saturated rings. The van der Waals surface area contributed by atoms with Crippen molar-refractivity contribution in [3.8, 4) is 0 Å². The summed E-state index contributed by atoms with van der Waals surface area (Å²) in [6.45, 7) is 3.02. The van der Waals surface area contributed by atoms with E-state index < -0.39 is 0 Å². The highest BCUT2D eigenvalue weighted by Crippen LogP contribution is 2.19. The highest BCUT2D eigenvalue weighted by Gasteiger charge is 2.28. The van der Waals surface area contributed by atoms with Crippen LogP contribution >= 0.6 is 0 Å². The van der Waals surface area contributed by atoms with Crippen molar-refractivity contribution in [2.45, 2.75) is 32.1 Å². The molecule has 1 aromatic carbocycles. The van der Waals surface area contributed by atoms with Crippen LogP contribution in [0.3, 0.4) is 0 Å². The van der Waals surface area contributed by atoms with Gasteiger partial charge in [-0.1, -0.05) is 0 Å². The molecule has 1 aromatic rings. The number of likely N-dealkylation sites (tertiary alicyclic amines) is 2. The number of nitrogens with zero attached hydrogens (tertiary/aromatic N) is 2. The van der Waals surface area contributed by atoms with Gasteiger partial charge in [0.15, 0.2) is 0 Å². The Morgan fingerprint density at radius 2 is 1.59 bits per heavy atom. The van der Waals surface area contributed by atoms with Crippen LogP contribution in [0.4, 0.5) is 4.39 Å². The van der Waals surface area contributed by atoms with Gasteiger partial charge in [0.1, 0.15) is 5.82 Å². The maximum absolute atomic E-state index is 13.0. The molecule has 1 N–H and O–H groups in total. The summed E-state index contributed by atoms with van der Waals surface area (Å²) in [7, 11) is 0. The van der Waals surface area contributed by atoms with Gasteiger partial charge in [-0.2, -0.15) is 0 Å². The molecular formula is C20H26FN3O3. The maximum atomic E-state index is 13.0. The fourth-order valence-electron chi connectivity index (χ4n) is 3.68. The predicted molar refractivity (Wildman–Crippen MR) is 98.5 cm³/mol. The predicted octanol–water partition coefficient (Wildman–Crippen LogP) is 1.81. The van der Waals surface area contributed by atoms with Crippen LogP contribution in [-0.2, 0) is 9.59 Å². The topological polar surface area (TPSA) is 69.7 Å². The Labute approximate surface area is 158 Å². The first-order chi connectivity index (χ1) is 13.0. The van der Waals surface area contributed by atoms with Gasteiger partial charge in [-0.25, -0.2) is 4.39 Å². The molecule has 27 heavy (non-hydrogen) atoms. The Morgan fingerprint density at radius 3 is 2.22 bits per heavy atom. The lowest BCUT2D eigenvalue weighted by molar-refractivity contribution is -0.130. The highest BCUT2D eigenvalue weighted by atomic mass is 19.1. The second-order valence-electron chi connectivity index (χ2n) is 7.20. The summed E-state index contributed by atoms with van der Waals surface area (Å²) in [6.07, 6.45) is 3.66. The van der Waals surface area contributed by atoms with Gasteiger partial charge in [0.25, 0.3) is 5.91 Å². The smallest absolute Gasteiger partial charge is 0.253 e. The van der Waals surface area contributed by atoms with Crippen LogP contribution in [0, 0.1) is 11.7 Å². The van der Waals surface area contributed by atoms with E-state index in [0.717, 1.165) is 25.9 Å². The average Bonchev–Trinajstić information content (AvgIpc) is 3.23. The zero-order valence-electron chi connectivity index (χ0n) is 15.5. The summed E-state index contributed by atoms with van der Waals surface area (Å²) in [4.78, 5) is 40.3. The molecular weight excluding hydrogens is 349 g/mol. The maximum Gasteiger partial charge on any atom is 0.253 e. The molecule has 7 heteroatoms. The van der Waals surface area contributed by atoms with Gasteiger partial charge >= 0.3 is 0 Å². The molecule has 2 aliphatic heterocycles.